The van der Waals surface area contributed by atoms with Crippen molar-refractivity contribution in [2.24, 2.45) is 0 Å². The summed E-state index contributed by atoms with van der Waals surface area (Å²) >= 11 is 6.27. The predicted molar refractivity (Wildman–Crippen MR) is 158 cm³/mol. The summed E-state index contributed by atoms with van der Waals surface area (Å²) in [7, 11) is -2.82. The second kappa shape index (κ2) is 13.7. The van der Waals surface area contributed by atoms with Crippen LogP contribution in [0.1, 0.15) is 38.3 Å². The molecule has 3 rings (SSSR count). The summed E-state index contributed by atoms with van der Waals surface area (Å²) in [6.45, 7) is 6.94. The Morgan fingerprint density at radius 2 is 1.65 bits per heavy atom. The van der Waals surface area contributed by atoms with Crippen LogP contribution in [-0.2, 0) is 26.2 Å². The second-order valence-electron chi connectivity index (χ2n) is 9.58. The molecule has 0 fully saturated rings. The van der Waals surface area contributed by atoms with Gasteiger partial charge < -0.3 is 15.0 Å². The van der Waals surface area contributed by atoms with Gasteiger partial charge in [-0.15, -0.1) is 0 Å². The third kappa shape index (κ3) is 7.34. The highest BCUT2D eigenvalue weighted by Gasteiger charge is 2.34. The van der Waals surface area contributed by atoms with E-state index in [-0.39, 0.29) is 39.8 Å². The molecular formula is C30H36ClN3O5S. The third-order valence-electron chi connectivity index (χ3n) is 6.79. The zero-order valence-corrected chi connectivity index (χ0v) is 25.0. The van der Waals surface area contributed by atoms with E-state index in [2.05, 4.69) is 5.32 Å². The molecule has 214 valence electrons. The summed E-state index contributed by atoms with van der Waals surface area (Å²) < 4.78 is 34.3. The molecule has 0 aliphatic carbocycles. The van der Waals surface area contributed by atoms with Crippen LogP contribution in [0.25, 0.3) is 0 Å². The van der Waals surface area contributed by atoms with Crippen LogP contribution in [0, 0.1) is 6.92 Å². The maximum Gasteiger partial charge on any atom is 0.264 e. The first-order valence-corrected chi connectivity index (χ1v) is 14.9. The van der Waals surface area contributed by atoms with Crippen molar-refractivity contribution < 1.29 is 22.7 Å². The minimum Gasteiger partial charge on any atom is -0.495 e. The number of benzene rings is 3. The third-order valence-corrected chi connectivity index (χ3v) is 8.80. The van der Waals surface area contributed by atoms with E-state index in [1.807, 2.05) is 45.0 Å². The number of amides is 2. The Balaban J connectivity index is 2.09. The van der Waals surface area contributed by atoms with E-state index in [9.17, 15) is 18.0 Å². The lowest BCUT2D eigenvalue weighted by Crippen LogP contribution is -2.52. The van der Waals surface area contributed by atoms with Gasteiger partial charge in [-0.25, -0.2) is 8.42 Å². The summed E-state index contributed by atoms with van der Waals surface area (Å²) in [5.74, 6) is -0.657. The smallest absolute Gasteiger partial charge is 0.264 e. The number of nitrogens with zero attached hydrogens (tertiary/aromatic N) is 2. The molecule has 0 aliphatic rings. The molecule has 0 unspecified atom stereocenters. The van der Waals surface area contributed by atoms with E-state index in [1.54, 1.807) is 37.3 Å². The Hall–Kier alpha value is -3.56. The van der Waals surface area contributed by atoms with E-state index in [0.717, 1.165) is 21.9 Å². The summed E-state index contributed by atoms with van der Waals surface area (Å²) in [5.41, 5.74) is 1.90. The number of carbonyl (C=O) groups excluding carboxylic acids is 2. The minimum atomic E-state index is -4.24. The average Bonchev–Trinajstić information content (AvgIpc) is 2.95. The lowest BCUT2D eigenvalue weighted by molar-refractivity contribution is -0.139. The van der Waals surface area contributed by atoms with Gasteiger partial charge in [-0.3, -0.25) is 13.9 Å². The van der Waals surface area contributed by atoms with Crippen LogP contribution in [-0.4, -0.2) is 50.9 Å². The minimum absolute atomic E-state index is 0.00200. The number of rotatable bonds is 12. The number of sulfonamides is 1. The molecule has 0 saturated carbocycles. The van der Waals surface area contributed by atoms with Crippen molar-refractivity contribution in [2.75, 3.05) is 18.0 Å². The Morgan fingerprint density at radius 3 is 2.27 bits per heavy atom. The first-order valence-electron chi connectivity index (χ1n) is 13.0. The quantitative estimate of drug-likeness (QED) is 0.316. The zero-order chi connectivity index (χ0) is 29.4. The topological polar surface area (TPSA) is 96.0 Å². The van der Waals surface area contributed by atoms with Crippen molar-refractivity contribution in [1.29, 1.82) is 0 Å². The molecule has 0 saturated heterocycles. The van der Waals surface area contributed by atoms with E-state index < -0.39 is 28.5 Å². The van der Waals surface area contributed by atoms with Crippen molar-refractivity contribution in [2.45, 2.75) is 57.6 Å². The number of hydrogen-bond donors (Lipinski definition) is 1. The molecule has 40 heavy (non-hydrogen) atoms. The number of hydrogen-bond acceptors (Lipinski definition) is 5. The molecular weight excluding hydrogens is 550 g/mol. The van der Waals surface area contributed by atoms with E-state index in [0.29, 0.717) is 0 Å². The molecule has 0 aromatic heterocycles. The number of methoxy groups -OCH3 is 1. The Labute approximate surface area is 241 Å². The zero-order valence-electron chi connectivity index (χ0n) is 23.4. The summed E-state index contributed by atoms with van der Waals surface area (Å²) in [6.07, 6.45) is 0.724. The SMILES string of the molecule is CC[C@H](C)NC(=O)[C@@H](C)N(Cc1ccccc1C)C(=O)CN(c1cc(Cl)ccc1OC)S(=O)(=O)c1ccccc1. The van der Waals surface area contributed by atoms with Crippen LogP contribution < -0.4 is 14.4 Å². The highest BCUT2D eigenvalue weighted by molar-refractivity contribution is 7.92. The summed E-state index contributed by atoms with van der Waals surface area (Å²) in [6, 6.07) is 19.0. The number of anilines is 1. The standard InChI is InChI=1S/C30H36ClN3O5S/c1-6-22(3)32-30(36)23(4)33(19-24-13-11-10-12-21(24)2)29(35)20-34(27-18-25(31)16-17-28(27)39-5)40(37,38)26-14-8-7-9-15-26/h7-18,22-23H,6,19-20H2,1-5H3,(H,32,36)/t22-,23+/m0/s1. The van der Waals surface area contributed by atoms with E-state index >= 15 is 0 Å². The molecule has 1 N–H and O–H groups in total. The van der Waals surface area contributed by atoms with Gasteiger partial charge in [0.05, 0.1) is 17.7 Å². The molecule has 0 bridgehead atoms. The Kier molecular flexibility index (Phi) is 10.6. The van der Waals surface area contributed by atoms with Gasteiger partial charge in [-0.2, -0.15) is 0 Å². The number of carbonyl (C=O) groups is 2. The monoisotopic (exact) mass is 585 g/mol. The number of nitrogens with one attached hydrogen (secondary N) is 1. The highest BCUT2D eigenvalue weighted by atomic mass is 35.5. The fourth-order valence-electron chi connectivity index (χ4n) is 4.11. The Morgan fingerprint density at radius 1 is 1.00 bits per heavy atom. The lowest BCUT2D eigenvalue weighted by Gasteiger charge is -2.33. The fourth-order valence-corrected chi connectivity index (χ4v) is 5.71. The van der Waals surface area contributed by atoms with Crippen LogP contribution in [0.5, 0.6) is 5.75 Å². The predicted octanol–water partition coefficient (Wildman–Crippen LogP) is 5.18. The second-order valence-corrected chi connectivity index (χ2v) is 11.9. The van der Waals surface area contributed by atoms with Crippen LogP contribution in [0.4, 0.5) is 5.69 Å². The fraction of sp³-hybridized carbons (Fsp3) is 0.333. The normalized spacial score (nSPS) is 12.8. The highest BCUT2D eigenvalue weighted by Crippen LogP contribution is 2.35. The number of halogens is 1. The summed E-state index contributed by atoms with van der Waals surface area (Å²) in [5, 5.41) is 3.20. The maximum absolute atomic E-state index is 14.1. The van der Waals surface area contributed by atoms with Crippen molar-refractivity contribution >= 4 is 39.1 Å². The molecule has 8 nitrogen and oxygen atoms in total. The van der Waals surface area contributed by atoms with Crippen molar-refractivity contribution in [1.82, 2.24) is 10.2 Å². The molecule has 3 aromatic rings. The first-order chi connectivity index (χ1) is 19.0. The van der Waals surface area contributed by atoms with Crippen LogP contribution in [0.2, 0.25) is 5.02 Å². The molecule has 0 spiro atoms. The molecule has 2 atom stereocenters. The largest absolute Gasteiger partial charge is 0.495 e. The molecule has 2 amide bonds. The van der Waals surface area contributed by atoms with Crippen LogP contribution >= 0.6 is 11.6 Å². The van der Waals surface area contributed by atoms with Gasteiger partial charge in [0, 0.05) is 17.6 Å². The Bertz CT molecular complexity index is 1430. The molecule has 0 radical (unpaired) electrons. The van der Waals surface area contributed by atoms with Crippen LogP contribution in [0.3, 0.4) is 0 Å². The van der Waals surface area contributed by atoms with Crippen molar-refractivity contribution in [3.8, 4) is 5.75 Å². The van der Waals surface area contributed by atoms with E-state index in [1.165, 1.54) is 30.2 Å². The van der Waals surface area contributed by atoms with Gasteiger partial charge in [-0.05, 0) is 68.7 Å². The summed E-state index contributed by atoms with van der Waals surface area (Å²) in [4.78, 5) is 28.7. The number of ether oxygens (including phenoxy) is 1. The van der Waals surface area contributed by atoms with Crippen molar-refractivity contribution in [3.63, 3.8) is 0 Å². The van der Waals surface area contributed by atoms with Gasteiger partial charge in [0.15, 0.2) is 0 Å². The van der Waals surface area contributed by atoms with Gasteiger partial charge in [0.25, 0.3) is 10.0 Å². The lowest BCUT2D eigenvalue weighted by atomic mass is 10.1. The van der Waals surface area contributed by atoms with Crippen LogP contribution in [0.15, 0.2) is 77.7 Å². The van der Waals surface area contributed by atoms with Gasteiger partial charge >= 0.3 is 0 Å². The molecule has 3 aromatic carbocycles. The van der Waals surface area contributed by atoms with E-state index in [4.69, 9.17) is 16.3 Å². The van der Waals surface area contributed by atoms with Crippen molar-refractivity contribution in [3.05, 3.63) is 88.9 Å². The molecule has 0 heterocycles. The van der Waals surface area contributed by atoms with Gasteiger partial charge in [-0.1, -0.05) is 61.0 Å². The molecule has 10 heteroatoms. The average molecular weight is 586 g/mol. The molecule has 0 aliphatic heterocycles. The maximum atomic E-state index is 14.1. The number of aryl methyl sites for hydroxylation is 1. The van der Waals surface area contributed by atoms with Gasteiger partial charge in [0.1, 0.15) is 18.3 Å². The first kappa shape index (κ1) is 31.0. The van der Waals surface area contributed by atoms with Gasteiger partial charge in [0.2, 0.25) is 11.8 Å².